The number of nitrogens with zero attached hydrogens (tertiary/aromatic N) is 2. The number of rotatable bonds is 3. The third-order valence-corrected chi connectivity index (χ3v) is 4.46. The van der Waals surface area contributed by atoms with Gasteiger partial charge in [-0.3, -0.25) is 19.3 Å². The third-order valence-electron chi connectivity index (χ3n) is 4.46. The number of likely N-dealkylation sites (tertiary alicyclic amines) is 1. The van der Waals surface area contributed by atoms with Crippen LogP contribution >= 0.6 is 0 Å². The summed E-state index contributed by atoms with van der Waals surface area (Å²) in [7, 11) is 0. The lowest BCUT2D eigenvalue weighted by molar-refractivity contribution is -0.143. The second kappa shape index (κ2) is 5.88. The fraction of sp³-hybridized carbons (Fsp3) is 0.438. The number of carboxylic acid groups (broad SMARTS) is 1. The van der Waals surface area contributed by atoms with Crippen molar-refractivity contribution in [3.05, 3.63) is 30.3 Å². The zero-order chi connectivity index (χ0) is 15.7. The lowest BCUT2D eigenvalue weighted by Crippen LogP contribution is -2.46. The number of aliphatic carboxylic acids is 1. The van der Waals surface area contributed by atoms with Crippen molar-refractivity contribution in [2.75, 3.05) is 18.0 Å². The molecule has 0 saturated carbocycles. The number of anilines is 1. The number of hydrogen-bond donors (Lipinski definition) is 1. The summed E-state index contributed by atoms with van der Waals surface area (Å²) >= 11 is 0. The zero-order valence-electron chi connectivity index (χ0n) is 12.1. The maximum Gasteiger partial charge on any atom is 0.306 e. The maximum atomic E-state index is 12.6. The molecule has 2 amide bonds. The summed E-state index contributed by atoms with van der Waals surface area (Å²) in [4.78, 5) is 39.0. The molecule has 1 aromatic rings. The van der Waals surface area contributed by atoms with Gasteiger partial charge in [0.05, 0.1) is 24.1 Å². The van der Waals surface area contributed by atoms with Crippen molar-refractivity contribution < 1.29 is 19.5 Å². The first-order valence-corrected chi connectivity index (χ1v) is 7.46. The van der Waals surface area contributed by atoms with Crippen molar-refractivity contribution in [1.29, 1.82) is 0 Å². The molecule has 0 unspecified atom stereocenters. The summed E-state index contributed by atoms with van der Waals surface area (Å²) in [5.74, 6) is -1.51. The number of carboxylic acids is 1. The number of imide groups is 1. The first-order valence-electron chi connectivity index (χ1n) is 7.46. The highest BCUT2D eigenvalue weighted by Gasteiger charge is 2.43. The minimum absolute atomic E-state index is 0.172. The highest BCUT2D eigenvalue weighted by molar-refractivity contribution is 6.22. The predicted molar refractivity (Wildman–Crippen MR) is 79.3 cm³/mol. The molecule has 2 heterocycles. The molecule has 6 nitrogen and oxygen atoms in total. The van der Waals surface area contributed by atoms with E-state index in [1.54, 1.807) is 24.3 Å². The molecule has 0 aromatic heterocycles. The van der Waals surface area contributed by atoms with Gasteiger partial charge in [-0.25, -0.2) is 4.90 Å². The number of amides is 2. The Bertz CT molecular complexity index is 593. The van der Waals surface area contributed by atoms with Gasteiger partial charge in [0.1, 0.15) is 0 Å². The molecule has 22 heavy (non-hydrogen) atoms. The Kier molecular flexibility index (Phi) is 3.94. The summed E-state index contributed by atoms with van der Waals surface area (Å²) in [5, 5.41) is 9.03. The minimum atomic E-state index is -0.778. The van der Waals surface area contributed by atoms with Gasteiger partial charge in [0.25, 0.3) is 5.91 Å². The van der Waals surface area contributed by atoms with Gasteiger partial charge in [-0.05, 0) is 38.1 Å². The Morgan fingerprint density at radius 3 is 2.32 bits per heavy atom. The molecular weight excluding hydrogens is 284 g/mol. The highest BCUT2D eigenvalue weighted by Crippen LogP contribution is 2.28. The van der Waals surface area contributed by atoms with Crippen LogP contribution in [0.1, 0.15) is 19.3 Å². The van der Waals surface area contributed by atoms with E-state index in [1.165, 1.54) is 4.90 Å². The molecule has 6 heteroatoms. The molecule has 2 aliphatic rings. The standard InChI is InChI=1S/C16H18N2O4/c19-14-10-13(17-8-6-11(7-9-17)16(21)22)15(20)18(14)12-4-2-1-3-5-12/h1-5,11,13H,6-10H2,(H,21,22)/t13-/m1/s1. The van der Waals surface area contributed by atoms with Gasteiger partial charge < -0.3 is 5.11 Å². The summed E-state index contributed by atoms with van der Waals surface area (Å²) in [5.41, 5.74) is 0.598. The van der Waals surface area contributed by atoms with Crippen molar-refractivity contribution in [3.63, 3.8) is 0 Å². The van der Waals surface area contributed by atoms with Crippen LogP contribution in [-0.2, 0) is 14.4 Å². The van der Waals surface area contributed by atoms with Crippen LogP contribution in [0.5, 0.6) is 0 Å². The van der Waals surface area contributed by atoms with Crippen molar-refractivity contribution >= 4 is 23.5 Å². The van der Waals surface area contributed by atoms with Crippen molar-refractivity contribution in [3.8, 4) is 0 Å². The molecule has 0 bridgehead atoms. The number of para-hydroxylation sites is 1. The van der Waals surface area contributed by atoms with E-state index in [9.17, 15) is 14.4 Å². The number of benzene rings is 1. The molecular formula is C16H18N2O4. The number of hydrogen-bond acceptors (Lipinski definition) is 4. The van der Waals surface area contributed by atoms with Crippen molar-refractivity contribution in [2.45, 2.75) is 25.3 Å². The average molecular weight is 302 g/mol. The van der Waals surface area contributed by atoms with Crippen LogP contribution in [-0.4, -0.2) is 46.9 Å². The summed E-state index contributed by atoms with van der Waals surface area (Å²) in [6.07, 6.45) is 1.22. The van der Waals surface area contributed by atoms with E-state index in [0.29, 0.717) is 31.6 Å². The molecule has 0 spiro atoms. The lowest BCUT2D eigenvalue weighted by atomic mass is 9.96. The number of carbonyl (C=O) groups is 3. The molecule has 0 aliphatic carbocycles. The summed E-state index contributed by atoms with van der Waals surface area (Å²) in [6.45, 7) is 1.09. The molecule has 2 aliphatic heterocycles. The van der Waals surface area contributed by atoms with E-state index in [-0.39, 0.29) is 24.2 Å². The van der Waals surface area contributed by atoms with Crippen molar-refractivity contribution in [2.24, 2.45) is 5.92 Å². The second-order valence-corrected chi connectivity index (χ2v) is 5.77. The van der Waals surface area contributed by atoms with E-state index in [4.69, 9.17) is 5.11 Å². The Balaban J connectivity index is 1.71. The largest absolute Gasteiger partial charge is 0.481 e. The molecule has 2 fully saturated rings. The Hall–Kier alpha value is -2.21. The molecule has 3 rings (SSSR count). The minimum Gasteiger partial charge on any atom is -0.481 e. The van der Waals surface area contributed by atoms with E-state index < -0.39 is 12.0 Å². The zero-order valence-corrected chi connectivity index (χ0v) is 12.1. The van der Waals surface area contributed by atoms with Crippen LogP contribution < -0.4 is 4.90 Å². The van der Waals surface area contributed by atoms with E-state index >= 15 is 0 Å². The Morgan fingerprint density at radius 2 is 1.73 bits per heavy atom. The molecule has 116 valence electrons. The van der Waals surface area contributed by atoms with Crippen LogP contribution in [0.25, 0.3) is 0 Å². The SMILES string of the molecule is O=C(O)C1CCN([C@@H]2CC(=O)N(c3ccccc3)C2=O)CC1. The Morgan fingerprint density at radius 1 is 1.09 bits per heavy atom. The normalized spacial score (nSPS) is 24.0. The van der Waals surface area contributed by atoms with Gasteiger partial charge in [0.2, 0.25) is 5.91 Å². The first-order chi connectivity index (χ1) is 10.6. The van der Waals surface area contributed by atoms with Crippen molar-refractivity contribution in [1.82, 2.24) is 4.90 Å². The Labute approximate surface area is 128 Å². The highest BCUT2D eigenvalue weighted by atomic mass is 16.4. The van der Waals surface area contributed by atoms with Gasteiger partial charge in [0.15, 0.2) is 0 Å². The van der Waals surface area contributed by atoms with E-state index in [0.717, 1.165) is 0 Å². The average Bonchev–Trinajstić information content (AvgIpc) is 2.83. The first kappa shape index (κ1) is 14.7. The van der Waals surface area contributed by atoms with Crippen LogP contribution in [0.15, 0.2) is 30.3 Å². The second-order valence-electron chi connectivity index (χ2n) is 5.77. The van der Waals surface area contributed by atoms with Gasteiger partial charge in [-0.2, -0.15) is 0 Å². The van der Waals surface area contributed by atoms with E-state index in [2.05, 4.69) is 0 Å². The van der Waals surface area contributed by atoms with Crippen LogP contribution in [0.3, 0.4) is 0 Å². The number of piperidine rings is 1. The van der Waals surface area contributed by atoms with Crippen LogP contribution in [0.2, 0.25) is 0 Å². The quantitative estimate of drug-likeness (QED) is 0.846. The summed E-state index contributed by atoms with van der Waals surface area (Å²) < 4.78 is 0. The van der Waals surface area contributed by atoms with Gasteiger partial charge in [-0.1, -0.05) is 18.2 Å². The van der Waals surface area contributed by atoms with Gasteiger partial charge in [-0.15, -0.1) is 0 Å². The maximum absolute atomic E-state index is 12.6. The molecule has 1 atom stereocenters. The fourth-order valence-corrected chi connectivity index (χ4v) is 3.21. The van der Waals surface area contributed by atoms with Gasteiger partial charge in [0, 0.05) is 0 Å². The third kappa shape index (κ3) is 2.62. The summed E-state index contributed by atoms with van der Waals surface area (Å²) in [6, 6.07) is 8.46. The van der Waals surface area contributed by atoms with E-state index in [1.807, 2.05) is 11.0 Å². The van der Waals surface area contributed by atoms with Crippen LogP contribution in [0.4, 0.5) is 5.69 Å². The monoisotopic (exact) mass is 302 g/mol. The number of carbonyl (C=O) groups excluding carboxylic acids is 2. The topological polar surface area (TPSA) is 77.9 Å². The van der Waals surface area contributed by atoms with Crippen LogP contribution in [0, 0.1) is 5.92 Å². The molecule has 0 radical (unpaired) electrons. The molecule has 1 aromatic carbocycles. The predicted octanol–water partition coefficient (Wildman–Crippen LogP) is 1.12. The lowest BCUT2D eigenvalue weighted by Gasteiger charge is -2.33. The van der Waals surface area contributed by atoms with Gasteiger partial charge >= 0.3 is 5.97 Å². The molecule has 1 N–H and O–H groups in total. The fourth-order valence-electron chi connectivity index (χ4n) is 3.21. The smallest absolute Gasteiger partial charge is 0.306 e. The molecule has 2 saturated heterocycles.